The SMILES string of the molecule is CC1C(S(=O)(=O)F)CCS1(=O)=O. The molecule has 1 heterocycles. The summed E-state index contributed by atoms with van der Waals surface area (Å²) in [6.07, 6.45) is -0.123. The van der Waals surface area contributed by atoms with E-state index in [0.717, 1.165) is 0 Å². The monoisotopic (exact) mass is 216 g/mol. The third-order valence-electron chi connectivity index (χ3n) is 2.14. The minimum absolute atomic E-state index is 0.123. The van der Waals surface area contributed by atoms with E-state index in [4.69, 9.17) is 0 Å². The van der Waals surface area contributed by atoms with E-state index in [2.05, 4.69) is 0 Å². The van der Waals surface area contributed by atoms with Gasteiger partial charge in [0.15, 0.2) is 9.84 Å². The molecule has 1 saturated heterocycles. The fraction of sp³-hybridized carbons (Fsp3) is 1.00. The zero-order valence-corrected chi connectivity index (χ0v) is 8.03. The molecule has 72 valence electrons. The minimum Gasteiger partial charge on any atom is -0.229 e. The second-order valence-electron chi connectivity index (χ2n) is 2.87. The van der Waals surface area contributed by atoms with Crippen LogP contribution in [0.4, 0.5) is 3.89 Å². The average molecular weight is 216 g/mol. The fourth-order valence-electron chi connectivity index (χ4n) is 1.30. The quantitative estimate of drug-likeness (QED) is 0.572. The van der Waals surface area contributed by atoms with E-state index in [0.29, 0.717) is 0 Å². The Labute approximate surface area is 70.9 Å². The molecule has 2 atom stereocenters. The predicted molar refractivity (Wildman–Crippen MR) is 41.7 cm³/mol. The zero-order chi connectivity index (χ0) is 9.57. The minimum atomic E-state index is -4.70. The van der Waals surface area contributed by atoms with Crippen molar-refractivity contribution in [1.29, 1.82) is 0 Å². The van der Waals surface area contributed by atoms with Gasteiger partial charge in [-0.25, -0.2) is 8.42 Å². The molecular formula is C5H9FO4S2. The lowest BCUT2D eigenvalue weighted by Crippen LogP contribution is -2.27. The van der Waals surface area contributed by atoms with Gasteiger partial charge in [-0.2, -0.15) is 8.42 Å². The summed E-state index contributed by atoms with van der Waals surface area (Å²) < 4.78 is 55.2. The summed E-state index contributed by atoms with van der Waals surface area (Å²) in [5.74, 6) is -0.234. The smallest absolute Gasteiger partial charge is 0.229 e. The highest BCUT2D eigenvalue weighted by atomic mass is 32.3. The molecule has 12 heavy (non-hydrogen) atoms. The molecule has 0 saturated carbocycles. The first kappa shape index (κ1) is 9.91. The number of rotatable bonds is 1. The van der Waals surface area contributed by atoms with Crippen molar-refractivity contribution in [3.63, 3.8) is 0 Å². The van der Waals surface area contributed by atoms with E-state index in [9.17, 15) is 20.7 Å². The molecule has 0 aliphatic carbocycles. The van der Waals surface area contributed by atoms with Gasteiger partial charge in [-0.15, -0.1) is 3.89 Å². The van der Waals surface area contributed by atoms with E-state index in [1.54, 1.807) is 0 Å². The van der Waals surface area contributed by atoms with E-state index >= 15 is 0 Å². The summed E-state index contributed by atoms with van der Waals surface area (Å²) in [6, 6.07) is 0. The first-order valence-electron chi connectivity index (χ1n) is 3.40. The van der Waals surface area contributed by atoms with Crippen molar-refractivity contribution in [2.24, 2.45) is 0 Å². The Morgan fingerprint density at radius 1 is 1.42 bits per heavy atom. The van der Waals surface area contributed by atoms with E-state index in [-0.39, 0.29) is 12.2 Å². The largest absolute Gasteiger partial charge is 0.306 e. The number of sulfone groups is 1. The molecule has 0 spiro atoms. The summed E-state index contributed by atoms with van der Waals surface area (Å²) in [5.41, 5.74) is 0. The maximum Gasteiger partial charge on any atom is 0.306 e. The van der Waals surface area contributed by atoms with Crippen LogP contribution in [0.25, 0.3) is 0 Å². The van der Waals surface area contributed by atoms with Crippen LogP contribution in [0.2, 0.25) is 0 Å². The van der Waals surface area contributed by atoms with Gasteiger partial charge in [0.2, 0.25) is 0 Å². The van der Waals surface area contributed by atoms with Gasteiger partial charge in [0, 0.05) is 0 Å². The van der Waals surface area contributed by atoms with Crippen molar-refractivity contribution in [3.8, 4) is 0 Å². The van der Waals surface area contributed by atoms with Gasteiger partial charge in [-0.3, -0.25) is 0 Å². The molecule has 0 N–H and O–H groups in total. The molecule has 7 heteroatoms. The van der Waals surface area contributed by atoms with Gasteiger partial charge in [0.1, 0.15) is 5.25 Å². The van der Waals surface area contributed by atoms with Crippen LogP contribution < -0.4 is 0 Å². The van der Waals surface area contributed by atoms with Gasteiger partial charge in [-0.1, -0.05) is 0 Å². The Morgan fingerprint density at radius 3 is 2.08 bits per heavy atom. The second kappa shape index (κ2) is 2.66. The molecule has 1 fully saturated rings. The molecular weight excluding hydrogens is 207 g/mol. The van der Waals surface area contributed by atoms with Gasteiger partial charge in [0.05, 0.1) is 11.0 Å². The van der Waals surface area contributed by atoms with Crippen molar-refractivity contribution in [1.82, 2.24) is 0 Å². The third-order valence-corrected chi connectivity index (χ3v) is 5.94. The van der Waals surface area contributed by atoms with E-state index in [1.165, 1.54) is 6.92 Å². The predicted octanol–water partition coefficient (Wildman–Crippen LogP) is -0.139. The number of hydrogen-bond donors (Lipinski definition) is 0. The van der Waals surface area contributed by atoms with Crippen LogP contribution in [-0.2, 0) is 20.1 Å². The fourth-order valence-corrected chi connectivity index (χ4v) is 4.77. The van der Waals surface area contributed by atoms with Gasteiger partial charge in [0.25, 0.3) is 0 Å². The Hall–Kier alpha value is -0.170. The van der Waals surface area contributed by atoms with Gasteiger partial charge < -0.3 is 0 Å². The highest BCUT2D eigenvalue weighted by Gasteiger charge is 2.44. The van der Waals surface area contributed by atoms with Gasteiger partial charge in [-0.05, 0) is 13.3 Å². The topological polar surface area (TPSA) is 68.3 Å². The Morgan fingerprint density at radius 2 is 1.92 bits per heavy atom. The Kier molecular flexibility index (Phi) is 2.20. The highest BCUT2D eigenvalue weighted by molar-refractivity contribution is 7.95. The van der Waals surface area contributed by atoms with Crippen LogP contribution in [0.3, 0.4) is 0 Å². The Bertz CT molecular complexity index is 368. The summed E-state index contributed by atoms with van der Waals surface area (Å²) in [7, 11) is -8.08. The highest BCUT2D eigenvalue weighted by Crippen LogP contribution is 2.27. The normalized spacial score (nSPS) is 35.2. The number of hydrogen-bond acceptors (Lipinski definition) is 4. The molecule has 1 rings (SSSR count). The standard InChI is InChI=1S/C5H9FO4S2/c1-4-5(12(6,9)10)2-3-11(4,7)8/h4-5H,2-3H2,1H3. The van der Waals surface area contributed by atoms with Crippen LogP contribution in [0.15, 0.2) is 0 Å². The molecule has 0 aromatic rings. The lowest BCUT2D eigenvalue weighted by molar-refractivity contribution is 0.529. The summed E-state index contributed by atoms with van der Waals surface area (Å²) in [5, 5.41) is -2.46. The number of halogens is 1. The Balaban J connectivity index is 3.05. The zero-order valence-electron chi connectivity index (χ0n) is 6.40. The van der Waals surface area contributed by atoms with Crippen LogP contribution in [0.1, 0.15) is 13.3 Å². The van der Waals surface area contributed by atoms with Crippen LogP contribution in [0, 0.1) is 0 Å². The maximum absolute atomic E-state index is 12.4. The van der Waals surface area contributed by atoms with Crippen LogP contribution in [0.5, 0.6) is 0 Å². The molecule has 0 aromatic carbocycles. The molecule has 2 unspecified atom stereocenters. The maximum atomic E-state index is 12.4. The molecule has 0 aromatic heterocycles. The van der Waals surface area contributed by atoms with Crippen LogP contribution >= 0.6 is 0 Å². The summed E-state index contributed by atoms with van der Waals surface area (Å²) >= 11 is 0. The van der Waals surface area contributed by atoms with Gasteiger partial charge >= 0.3 is 10.2 Å². The first-order chi connectivity index (χ1) is 5.25. The molecule has 0 amide bonds. The van der Waals surface area contributed by atoms with Crippen molar-refractivity contribution in [3.05, 3.63) is 0 Å². The molecule has 0 radical (unpaired) electrons. The average Bonchev–Trinajstić information content (AvgIpc) is 2.06. The van der Waals surface area contributed by atoms with Crippen molar-refractivity contribution in [2.75, 3.05) is 5.75 Å². The third kappa shape index (κ3) is 1.61. The molecule has 1 aliphatic heterocycles. The summed E-state index contributed by atoms with van der Waals surface area (Å²) in [4.78, 5) is 0. The molecule has 1 aliphatic rings. The van der Waals surface area contributed by atoms with E-state index in [1.807, 2.05) is 0 Å². The van der Waals surface area contributed by atoms with Crippen molar-refractivity contribution in [2.45, 2.75) is 23.8 Å². The lowest BCUT2D eigenvalue weighted by Gasteiger charge is -2.07. The molecule has 4 nitrogen and oxygen atoms in total. The van der Waals surface area contributed by atoms with E-state index < -0.39 is 30.6 Å². The summed E-state index contributed by atoms with van der Waals surface area (Å²) in [6.45, 7) is 1.23. The lowest BCUT2D eigenvalue weighted by atomic mass is 10.3. The van der Waals surface area contributed by atoms with Crippen molar-refractivity contribution >= 4 is 20.1 Å². The van der Waals surface area contributed by atoms with Crippen LogP contribution in [-0.4, -0.2) is 33.1 Å². The first-order valence-corrected chi connectivity index (χ1v) is 6.56. The molecule has 0 bridgehead atoms. The van der Waals surface area contributed by atoms with Crippen molar-refractivity contribution < 1.29 is 20.7 Å². The second-order valence-corrected chi connectivity index (χ2v) is 6.91.